The van der Waals surface area contributed by atoms with E-state index in [0.29, 0.717) is 11.7 Å². The summed E-state index contributed by atoms with van der Waals surface area (Å²) in [6.07, 6.45) is 0.749. The van der Waals surface area contributed by atoms with Crippen LogP contribution in [0.5, 0.6) is 0 Å². The maximum atomic E-state index is 6.01. The molecule has 2 N–H and O–H groups in total. The highest BCUT2D eigenvalue weighted by atomic mass is 35.5. The van der Waals surface area contributed by atoms with Gasteiger partial charge in [0.15, 0.2) is 5.15 Å². The quantitative estimate of drug-likeness (QED) is 0.820. The lowest BCUT2D eigenvalue weighted by atomic mass is 10.3. The zero-order valence-corrected chi connectivity index (χ0v) is 8.75. The van der Waals surface area contributed by atoms with Gasteiger partial charge in [0, 0.05) is 12.1 Å². The number of nitrogens with two attached hydrogens (primary N) is 1. The average Bonchev–Trinajstić information content (AvgIpc) is 2.46. The van der Waals surface area contributed by atoms with Crippen molar-refractivity contribution in [2.75, 3.05) is 6.54 Å². The van der Waals surface area contributed by atoms with Gasteiger partial charge in [-0.25, -0.2) is 4.98 Å². The first-order valence-electron chi connectivity index (χ1n) is 4.56. The Balaban J connectivity index is 2.72. The lowest BCUT2D eigenvalue weighted by molar-refractivity contribution is 0.850. The monoisotopic (exact) mass is 209 g/mol. The third-order valence-corrected chi connectivity index (χ3v) is 2.53. The highest BCUT2D eigenvalue weighted by Gasteiger charge is 2.09. The largest absolute Gasteiger partial charge is 0.330 e. The van der Waals surface area contributed by atoms with Crippen LogP contribution >= 0.6 is 11.6 Å². The van der Waals surface area contributed by atoms with Crippen molar-refractivity contribution in [1.82, 2.24) is 9.38 Å². The van der Waals surface area contributed by atoms with Crippen LogP contribution in [0.2, 0.25) is 5.15 Å². The number of fused-ring (bicyclic) bond motifs is 1. The second-order valence-electron chi connectivity index (χ2n) is 3.25. The standard InChI is InChI=1S/C10H12ClN3/c1-7-3-2-4-8-10(11)13-9(5-6-12)14(7)8/h2-4H,5-6,12H2,1H3. The van der Waals surface area contributed by atoms with Gasteiger partial charge < -0.3 is 5.73 Å². The summed E-state index contributed by atoms with van der Waals surface area (Å²) in [7, 11) is 0. The van der Waals surface area contributed by atoms with Gasteiger partial charge in [-0.15, -0.1) is 0 Å². The van der Waals surface area contributed by atoms with Gasteiger partial charge >= 0.3 is 0 Å². The summed E-state index contributed by atoms with van der Waals surface area (Å²) in [5.74, 6) is 0.936. The maximum absolute atomic E-state index is 6.01. The van der Waals surface area contributed by atoms with Crippen molar-refractivity contribution < 1.29 is 0 Å². The Morgan fingerprint density at radius 3 is 3.00 bits per heavy atom. The van der Waals surface area contributed by atoms with E-state index in [0.717, 1.165) is 23.5 Å². The minimum atomic E-state index is 0.553. The molecular weight excluding hydrogens is 198 g/mol. The zero-order chi connectivity index (χ0) is 10.1. The molecule has 0 aliphatic heterocycles. The normalized spacial score (nSPS) is 11.1. The van der Waals surface area contributed by atoms with Gasteiger partial charge in [0.05, 0.1) is 5.52 Å². The first-order valence-corrected chi connectivity index (χ1v) is 4.94. The molecular formula is C10H12ClN3. The molecule has 0 aromatic carbocycles. The van der Waals surface area contributed by atoms with Crippen molar-refractivity contribution in [1.29, 1.82) is 0 Å². The topological polar surface area (TPSA) is 43.3 Å². The first kappa shape index (κ1) is 9.49. The summed E-state index contributed by atoms with van der Waals surface area (Å²) in [5.41, 5.74) is 7.60. The molecule has 2 heterocycles. The SMILES string of the molecule is Cc1cccc2c(Cl)nc(CCN)n12. The molecule has 2 aromatic rings. The predicted octanol–water partition coefficient (Wildman–Crippen LogP) is 1.80. The highest BCUT2D eigenvalue weighted by molar-refractivity contribution is 6.32. The zero-order valence-electron chi connectivity index (χ0n) is 8.00. The molecule has 0 amide bonds. The van der Waals surface area contributed by atoms with Crippen LogP contribution < -0.4 is 5.73 Å². The van der Waals surface area contributed by atoms with E-state index in [1.807, 2.05) is 25.1 Å². The van der Waals surface area contributed by atoms with Gasteiger partial charge in [0.1, 0.15) is 5.82 Å². The van der Waals surface area contributed by atoms with Gasteiger partial charge in [-0.3, -0.25) is 4.40 Å². The molecule has 0 atom stereocenters. The molecule has 2 aromatic heterocycles. The van der Waals surface area contributed by atoms with Crippen molar-refractivity contribution >= 4 is 17.1 Å². The molecule has 0 aliphatic carbocycles. The number of aryl methyl sites for hydroxylation is 1. The fraction of sp³-hybridized carbons (Fsp3) is 0.300. The highest BCUT2D eigenvalue weighted by Crippen LogP contribution is 2.19. The van der Waals surface area contributed by atoms with Crippen LogP contribution in [0.3, 0.4) is 0 Å². The third-order valence-electron chi connectivity index (χ3n) is 2.25. The molecule has 14 heavy (non-hydrogen) atoms. The van der Waals surface area contributed by atoms with E-state index in [1.165, 1.54) is 0 Å². The van der Waals surface area contributed by atoms with Crippen LogP contribution in [0.4, 0.5) is 0 Å². The second kappa shape index (κ2) is 3.59. The fourth-order valence-corrected chi connectivity index (χ4v) is 1.88. The molecule has 0 fully saturated rings. The summed E-state index contributed by atoms with van der Waals surface area (Å²) < 4.78 is 2.05. The number of halogens is 1. The lowest BCUT2D eigenvalue weighted by Gasteiger charge is -2.02. The number of pyridine rings is 1. The molecule has 0 saturated carbocycles. The molecule has 4 heteroatoms. The van der Waals surface area contributed by atoms with Gasteiger partial charge in [0.2, 0.25) is 0 Å². The first-order chi connectivity index (χ1) is 6.74. The smallest absolute Gasteiger partial charge is 0.155 e. The Kier molecular flexibility index (Phi) is 2.44. The molecule has 2 rings (SSSR count). The predicted molar refractivity (Wildman–Crippen MR) is 57.7 cm³/mol. The van der Waals surface area contributed by atoms with Crippen LogP contribution in [0, 0.1) is 6.92 Å². The number of aromatic nitrogens is 2. The van der Waals surface area contributed by atoms with Crippen LogP contribution in [0.1, 0.15) is 11.5 Å². The Morgan fingerprint density at radius 2 is 2.29 bits per heavy atom. The van der Waals surface area contributed by atoms with E-state index < -0.39 is 0 Å². The van der Waals surface area contributed by atoms with E-state index in [9.17, 15) is 0 Å². The minimum absolute atomic E-state index is 0.553. The van der Waals surface area contributed by atoms with Crippen molar-refractivity contribution in [3.05, 3.63) is 34.9 Å². The molecule has 0 saturated heterocycles. The Bertz CT molecular complexity index is 462. The third kappa shape index (κ3) is 1.38. The number of hydrogen-bond acceptors (Lipinski definition) is 2. The summed E-state index contributed by atoms with van der Waals surface area (Å²) >= 11 is 6.01. The van der Waals surface area contributed by atoms with Gasteiger partial charge in [-0.1, -0.05) is 17.7 Å². The molecule has 0 spiro atoms. The summed E-state index contributed by atoms with van der Waals surface area (Å²) in [4.78, 5) is 4.29. The summed E-state index contributed by atoms with van der Waals surface area (Å²) in [6.45, 7) is 2.62. The second-order valence-corrected chi connectivity index (χ2v) is 3.60. The Hall–Kier alpha value is -1.06. The lowest BCUT2D eigenvalue weighted by Crippen LogP contribution is -2.07. The van der Waals surface area contributed by atoms with Gasteiger partial charge in [0.25, 0.3) is 0 Å². The molecule has 3 nitrogen and oxygen atoms in total. The number of imidazole rings is 1. The van der Waals surface area contributed by atoms with E-state index in [4.69, 9.17) is 17.3 Å². The van der Waals surface area contributed by atoms with E-state index in [2.05, 4.69) is 9.38 Å². The molecule has 0 unspecified atom stereocenters. The Morgan fingerprint density at radius 1 is 1.50 bits per heavy atom. The summed E-state index contributed by atoms with van der Waals surface area (Å²) in [6, 6.07) is 5.97. The Labute approximate surface area is 87.5 Å². The van der Waals surface area contributed by atoms with E-state index >= 15 is 0 Å². The molecule has 0 bridgehead atoms. The van der Waals surface area contributed by atoms with Gasteiger partial charge in [-0.05, 0) is 25.6 Å². The van der Waals surface area contributed by atoms with Crippen molar-refractivity contribution in [2.45, 2.75) is 13.3 Å². The van der Waals surface area contributed by atoms with E-state index in [1.54, 1.807) is 0 Å². The molecule has 74 valence electrons. The van der Waals surface area contributed by atoms with Crippen LogP contribution in [0.25, 0.3) is 5.52 Å². The summed E-state index contributed by atoms with van der Waals surface area (Å²) in [5, 5.41) is 0.553. The molecule has 0 radical (unpaired) electrons. The minimum Gasteiger partial charge on any atom is -0.330 e. The van der Waals surface area contributed by atoms with Gasteiger partial charge in [-0.2, -0.15) is 0 Å². The van der Waals surface area contributed by atoms with Crippen LogP contribution in [0.15, 0.2) is 18.2 Å². The average molecular weight is 210 g/mol. The molecule has 0 aliphatic rings. The van der Waals surface area contributed by atoms with Crippen LogP contribution in [-0.2, 0) is 6.42 Å². The number of rotatable bonds is 2. The van der Waals surface area contributed by atoms with Crippen molar-refractivity contribution in [3.63, 3.8) is 0 Å². The fourth-order valence-electron chi connectivity index (χ4n) is 1.64. The number of hydrogen-bond donors (Lipinski definition) is 1. The van der Waals surface area contributed by atoms with Crippen molar-refractivity contribution in [2.24, 2.45) is 5.73 Å². The number of nitrogens with zero attached hydrogens (tertiary/aromatic N) is 2. The van der Waals surface area contributed by atoms with E-state index in [-0.39, 0.29) is 0 Å². The van der Waals surface area contributed by atoms with Crippen LogP contribution in [-0.4, -0.2) is 15.9 Å². The maximum Gasteiger partial charge on any atom is 0.155 e. The van der Waals surface area contributed by atoms with Crippen molar-refractivity contribution in [3.8, 4) is 0 Å².